The number of halogens is 1. The number of imide groups is 1. The molecule has 2 aliphatic heterocycles. The minimum atomic E-state index is -0.595. The number of carbonyl (C=O) groups is 2. The number of nitro benzene ring substituents is 1. The first-order chi connectivity index (χ1) is 14.9. The van der Waals surface area contributed by atoms with E-state index in [1.165, 1.54) is 37.4 Å². The Morgan fingerprint density at radius 1 is 1.06 bits per heavy atom. The minimum Gasteiger partial charge on any atom is -0.494 e. The van der Waals surface area contributed by atoms with Crippen molar-refractivity contribution in [1.82, 2.24) is 4.90 Å². The molecular weight excluding hydrogens is 407 g/mol. The van der Waals surface area contributed by atoms with Crippen molar-refractivity contribution >= 4 is 28.9 Å². The van der Waals surface area contributed by atoms with Crippen LogP contribution >= 0.6 is 0 Å². The Morgan fingerprint density at radius 2 is 1.74 bits per heavy atom. The average Bonchev–Trinajstić information content (AvgIpc) is 3.07. The van der Waals surface area contributed by atoms with Crippen LogP contribution < -0.4 is 14.5 Å². The van der Waals surface area contributed by atoms with Gasteiger partial charge in [0.1, 0.15) is 11.6 Å². The molecule has 9 nitrogen and oxygen atoms in total. The first-order valence-corrected chi connectivity index (χ1v) is 9.83. The lowest BCUT2D eigenvalue weighted by molar-refractivity contribution is -0.384. The number of hydrogen-bond donors (Lipinski definition) is 0. The van der Waals surface area contributed by atoms with Gasteiger partial charge >= 0.3 is 0 Å². The van der Waals surface area contributed by atoms with Gasteiger partial charge in [-0.15, -0.1) is 0 Å². The fourth-order valence-electron chi connectivity index (χ4n) is 4.06. The lowest BCUT2D eigenvalue weighted by atomic mass is 10.1. The van der Waals surface area contributed by atoms with E-state index in [9.17, 15) is 24.1 Å². The van der Waals surface area contributed by atoms with Crippen LogP contribution in [0.15, 0.2) is 42.5 Å². The fourth-order valence-corrected chi connectivity index (χ4v) is 4.06. The van der Waals surface area contributed by atoms with E-state index in [-0.39, 0.29) is 41.2 Å². The number of methoxy groups -OCH3 is 1. The van der Waals surface area contributed by atoms with Crippen molar-refractivity contribution in [1.29, 1.82) is 0 Å². The molecule has 0 radical (unpaired) electrons. The molecule has 2 heterocycles. The summed E-state index contributed by atoms with van der Waals surface area (Å²) in [7, 11) is 1.33. The first kappa shape index (κ1) is 20.7. The fraction of sp³-hybridized carbons (Fsp3) is 0.333. The number of rotatable bonds is 5. The molecule has 1 unspecified atom stereocenters. The van der Waals surface area contributed by atoms with E-state index >= 15 is 0 Å². The summed E-state index contributed by atoms with van der Waals surface area (Å²) in [6.45, 7) is 2.44. The van der Waals surface area contributed by atoms with Crippen molar-refractivity contribution in [2.24, 2.45) is 0 Å². The molecule has 1 atom stereocenters. The van der Waals surface area contributed by atoms with E-state index in [4.69, 9.17) is 4.74 Å². The van der Waals surface area contributed by atoms with Crippen LogP contribution in [0.25, 0.3) is 0 Å². The molecule has 31 heavy (non-hydrogen) atoms. The van der Waals surface area contributed by atoms with Crippen molar-refractivity contribution in [2.75, 3.05) is 43.1 Å². The van der Waals surface area contributed by atoms with Gasteiger partial charge in [0.15, 0.2) is 0 Å². The highest BCUT2D eigenvalue weighted by atomic mass is 19.1. The molecule has 2 fully saturated rings. The predicted octanol–water partition coefficient (Wildman–Crippen LogP) is 2.20. The van der Waals surface area contributed by atoms with Gasteiger partial charge in [0.2, 0.25) is 5.91 Å². The quantitative estimate of drug-likeness (QED) is 0.409. The number of benzene rings is 2. The minimum absolute atomic E-state index is 0.0372. The van der Waals surface area contributed by atoms with Crippen LogP contribution in [0.4, 0.5) is 21.5 Å². The number of nitro groups is 1. The second-order valence-electron chi connectivity index (χ2n) is 7.40. The summed E-state index contributed by atoms with van der Waals surface area (Å²) in [6.07, 6.45) is 0.0372. The number of ether oxygens (including phenoxy) is 1. The average molecular weight is 428 g/mol. The molecule has 0 aliphatic carbocycles. The topological polar surface area (TPSA) is 96.2 Å². The zero-order chi connectivity index (χ0) is 22.1. The summed E-state index contributed by atoms with van der Waals surface area (Å²) in [5, 5.41) is 11.0. The molecule has 4 rings (SSSR count). The third kappa shape index (κ3) is 3.93. The number of nitrogens with zero attached hydrogens (tertiary/aromatic N) is 4. The number of amides is 2. The molecule has 0 saturated carbocycles. The van der Waals surface area contributed by atoms with E-state index in [1.54, 1.807) is 12.1 Å². The lowest BCUT2D eigenvalue weighted by Gasteiger charge is -2.38. The van der Waals surface area contributed by atoms with Crippen molar-refractivity contribution in [3.8, 4) is 5.75 Å². The standard InChI is InChI=1S/C21H21FN4O5/c1-31-19-12-16(26(29)30)6-7-17(19)25-20(27)13-18(21(25)28)24-10-8-23(9-11-24)15-4-2-14(22)3-5-15/h2-7,12,18H,8-11,13H2,1H3. The van der Waals surface area contributed by atoms with E-state index in [0.717, 1.165) is 10.6 Å². The van der Waals surface area contributed by atoms with Gasteiger partial charge in [-0.2, -0.15) is 0 Å². The molecule has 2 aromatic carbocycles. The van der Waals surface area contributed by atoms with Crippen LogP contribution in [-0.4, -0.2) is 61.0 Å². The number of carbonyl (C=O) groups excluding carboxylic acids is 2. The zero-order valence-electron chi connectivity index (χ0n) is 16.9. The van der Waals surface area contributed by atoms with Gasteiger partial charge in [0.25, 0.3) is 11.6 Å². The zero-order valence-corrected chi connectivity index (χ0v) is 16.9. The maximum absolute atomic E-state index is 13.1. The van der Waals surface area contributed by atoms with Crippen LogP contribution in [0.5, 0.6) is 5.75 Å². The Bertz CT molecular complexity index is 1020. The van der Waals surface area contributed by atoms with E-state index < -0.39 is 11.0 Å². The smallest absolute Gasteiger partial charge is 0.273 e. The summed E-state index contributed by atoms with van der Waals surface area (Å²) < 4.78 is 18.3. The van der Waals surface area contributed by atoms with Gasteiger partial charge in [0.05, 0.1) is 36.2 Å². The van der Waals surface area contributed by atoms with Crippen LogP contribution in [0.1, 0.15) is 6.42 Å². The molecular formula is C21H21FN4O5. The van der Waals surface area contributed by atoms with Crippen LogP contribution in [-0.2, 0) is 9.59 Å². The molecule has 2 amide bonds. The summed E-state index contributed by atoms with van der Waals surface area (Å²) in [4.78, 5) is 41.4. The van der Waals surface area contributed by atoms with Crippen LogP contribution in [0.3, 0.4) is 0 Å². The maximum Gasteiger partial charge on any atom is 0.273 e. The molecule has 2 saturated heterocycles. The highest BCUT2D eigenvalue weighted by Crippen LogP contribution is 2.36. The third-order valence-corrected chi connectivity index (χ3v) is 5.68. The van der Waals surface area contributed by atoms with Gasteiger partial charge in [-0.3, -0.25) is 24.6 Å². The van der Waals surface area contributed by atoms with Gasteiger partial charge < -0.3 is 9.64 Å². The summed E-state index contributed by atoms with van der Waals surface area (Å²) in [6, 6.07) is 9.48. The van der Waals surface area contributed by atoms with E-state index in [0.29, 0.717) is 26.2 Å². The Kier molecular flexibility index (Phi) is 5.55. The van der Waals surface area contributed by atoms with Crippen LogP contribution in [0.2, 0.25) is 0 Å². The van der Waals surface area contributed by atoms with Crippen LogP contribution in [0, 0.1) is 15.9 Å². The Balaban J connectivity index is 1.48. The molecule has 2 aliphatic rings. The highest BCUT2D eigenvalue weighted by Gasteiger charge is 2.44. The summed E-state index contributed by atoms with van der Waals surface area (Å²) in [5.74, 6) is -0.938. The molecule has 10 heteroatoms. The maximum atomic E-state index is 13.1. The predicted molar refractivity (Wildman–Crippen MR) is 111 cm³/mol. The number of hydrogen-bond acceptors (Lipinski definition) is 7. The Labute approximate surface area is 177 Å². The molecule has 0 aromatic heterocycles. The number of anilines is 2. The molecule has 162 valence electrons. The normalized spacial score (nSPS) is 19.7. The van der Waals surface area contributed by atoms with Gasteiger partial charge in [-0.1, -0.05) is 0 Å². The summed E-state index contributed by atoms with van der Waals surface area (Å²) >= 11 is 0. The van der Waals surface area contributed by atoms with Crippen molar-refractivity contribution < 1.29 is 23.6 Å². The van der Waals surface area contributed by atoms with Crippen molar-refractivity contribution in [2.45, 2.75) is 12.5 Å². The number of non-ortho nitro benzene ring substituents is 1. The van der Waals surface area contributed by atoms with Crippen molar-refractivity contribution in [3.05, 3.63) is 58.4 Å². The van der Waals surface area contributed by atoms with Gasteiger partial charge in [-0.25, -0.2) is 9.29 Å². The molecule has 2 aromatic rings. The van der Waals surface area contributed by atoms with Crippen molar-refractivity contribution in [3.63, 3.8) is 0 Å². The SMILES string of the molecule is COc1cc([N+](=O)[O-])ccc1N1C(=O)CC(N2CCN(c3ccc(F)cc3)CC2)C1=O. The highest BCUT2D eigenvalue weighted by molar-refractivity contribution is 6.23. The second kappa shape index (κ2) is 8.31. The van der Waals surface area contributed by atoms with Gasteiger partial charge in [-0.05, 0) is 30.3 Å². The third-order valence-electron chi connectivity index (χ3n) is 5.68. The molecule has 0 spiro atoms. The summed E-state index contributed by atoms with van der Waals surface area (Å²) in [5.41, 5.74) is 0.927. The second-order valence-corrected chi connectivity index (χ2v) is 7.40. The Hall–Kier alpha value is -3.53. The first-order valence-electron chi connectivity index (χ1n) is 9.83. The number of piperazine rings is 1. The largest absolute Gasteiger partial charge is 0.494 e. The lowest BCUT2D eigenvalue weighted by Crippen LogP contribution is -2.52. The molecule has 0 bridgehead atoms. The van der Waals surface area contributed by atoms with E-state index in [1.807, 2.05) is 4.90 Å². The van der Waals surface area contributed by atoms with E-state index in [2.05, 4.69) is 4.90 Å². The monoisotopic (exact) mass is 428 g/mol. The van der Waals surface area contributed by atoms with Gasteiger partial charge in [0, 0.05) is 37.9 Å². The Morgan fingerprint density at radius 3 is 2.35 bits per heavy atom. The molecule has 0 N–H and O–H groups in total.